The van der Waals surface area contributed by atoms with Crippen molar-refractivity contribution in [1.29, 1.82) is 0 Å². The summed E-state index contributed by atoms with van der Waals surface area (Å²) in [6, 6.07) is -0.788. The second-order valence-corrected chi connectivity index (χ2v) is 4.82. The van der Waals surface area contributed by atoms with Crippen molar-refractivity contribution < 1.29 is 19.5 Å². The molecule has 108 valence electrons. The van der Waals surface area contributed by atoms with Gasteiger partial charge in [-0.15, -0.1) is 0 Å². The van der Waals surface area contributed by atoms with Crippen LogP contribution in [0.25, 0.3) is 0 Å². The zero-order valence-corrected chi connectivity index (χ0v) is 11.3. The molecule has 0 radical (unpaired) electrons. The topological polar surface area (TPSA) is 98.7 Å². The van der Waals surface area contributed by atoms with E-state index in [-0.39, 0.29) is 37.5 Å². The van der Waals surface area contributed by atoms with Gasteiger partial charge in [-0.3, -0.25) is 19.3 Å². The maximum atomic E-state index is 11.8. The van der Waals surface area contributed by atoms with E-state index in [1.165, 1.54) is 4.90 Å². The average molecular weight is 271 g/mol. The summed E-state index contributed by atoms with van der Waals surface area (Å²) in [5, 5.41) is 14.3. The Balaban J connectivity index is 2.53. The van der Waals surface area contributed by atoms with Crippen molar-refractivity contribution in [3.05, 3.63) is 0 Å². The van der Waals surface area contributed by atoms with Gasteiger partial charge in [0, 0.05) is 12.6 Å². The van der Waals surface area contributed by atoms with Crippen LogP contribution >= 0.6 is 0 Å². The Kier molecular flexibility index (Phi) is 5.75. The molecule has 7 nitrogen and oxygen atoms in total. The highest BCUT2D eigenvalue weighted by atomic mass is 16.4. The number of hydrogen-bond donors (Lipinski definition) is 3. The number of rotatable bonds is 6. The minimum atomic E-state index is -1.03. The monoisotopic (exact) mass is 271 g/mol. The molecule has 1 aliphatic rings. The molecule has 0 aromatic rings. The van der Waals surface area contributed by atoms with Gasteiger partial charge in [0.05, 0.1) is 13.1 Å². The molecule has 1 rings (SSSR count). The first-order valence-corrected chi connectivity index (χ1v) is 6.47. The van der Waals surface area contributed by atoms with E-state index >= 15 is 0 Å². The number of nitrogens with one attached hydrogen (secondary N) is 2. The Morgan fingerprint density at radius 1 is 1.58 bits per heavy atom. The molecule has 0 bridgehead atoms. The van der Waals surface area contributed by atoms with E-state index in [0.717, 1.165) is 12.8 Å². The lowest BCUT2D eigenvalue weighted by Gasteiger charge is -2.32. The summed E-state index contributed by atoms with van der Waals surface area (Å²) in [4.78, 5) is 35.5. The summed E-state index contributed by atoms with van der Waals surface area (Å²) in [7, 11) is 0. The highest BCUT2D eigenvalue weighted by molar-refractivity contribution is 5.85. The fourth-order valence-corrected chi connectivity index (χ4v) is 2.11. The molecule has 0 aromatic carbocycles. The number of amides is 2. The molecule has 2 atom stereocenters. The fraction of sp³-hybridized carbons (Fsp3) is 0.750. The number of carboxylic acids is 1. The number of carbonyl (C=O) groups is 3. The Labute approximate surface area is 112 Å². The molecule has 2 amide bonds. The maximum Gasteiger partial charge on any atom is 0.322 e. The van der Waals surface area contributed by atoms with Crippen molar-refractivity contribution in [2.45, 2.75) is 38.8 Å². The molecule has 19 heavy (non-hydrogen) atoms. The van der Waals surface area contributed by atoms with Crippen LogP contribution in [-0.4, -0.2) is 59.5 Å². The summed E-state index contributed by atoms with van der Waals surface area (Å²) in [6.07, 6.45) is 1.83. The zero-order chi connectivity index (χ0) is 14.4. The van der Waals surface area contributed by atoms with Gasteiger partial charge in [-0.1, -0.05) is 13.3 Å². The lowest BCUT2D eigenvalue weighted by molar-refractivity contribution is -0.146. The number of carbonyl (C=O) groups excluding carboxylic acids is 2. The molecule has 3 N–H and O–H groups in total. The third kappa shape index (κ3) is 4.86. The van der Waals surface area contributed by atoms with Gasteiger partial charge in [0.15, 0.2) is 0 Å². The van der Waals surface area contributed by atoms with Crippen molar-refractivity contribution in [2.75, 3.05) is 19.6 Å². The van der Waals surface area contributed by atoms with Gasteiger partial charge < -0.3 is 15.7 Å². The quantitative estimate of drug-likeness (QED) is 0.586. The summed E-state index contributed by atoms with van der Waals surface area (Å²) in [6.45, 7) is 3.83. The minimum Gasteiger partial charge on any atom is -0.480 e. The van der Waals surface area contributed by atoms with Crippen LogP contribution in [0, 0.1) is 0 Å². The first-order valence-electron chi connectivity index (χ1n) is 6.47. The van der Waals surface area contributed by atoms with Crippen molar-refractivity contribution in [1.82, 2.24) is 15.5 Å². The predicted octanol–water partition coefficient (Wildman–Crippen LogP) is -0.824. The van der Waals surface area contributed by atoms with E-state index in [1.807, 2.05) is 13.8 Å². The molecule has 2 unspecified atom stereocenters. The second kappa shape index (κ2) is 7.08. The Morgan fingerprint density at radius 2 is 2.26 bits per heavy atom. The van der Waals surface area contributed by atoms with E-state index < -0.39 is 12.0 Å². The summed E-state index contributed by atoms with van der Waals surface area (Å²) >= 11 is 0. The third-order valence-corrected chi connectivity index (χ3v) is 3.04. The molecule has 0 spiro atoms. The zero-order valence-electron chi connectivity index (χ0n) is 11.3. The van der Waals surface area contributed by atoms with E-state index in [9.17, 15) is 14.4 Å². The average Bonchev–Trinajstić information content (AvgIpc) is 2.28. The van der Waals surface area contributed by atoms with Gasteiger partial charge in [-0.25, -0.2) is 0 Å². The summed E-state index contributed by atoms with van der Waals surface area (Å²) < 4.78 is 0. The van der Waals surface area contributed by atoms with Gasteiger partial charge in [-0.2, -0.15) is 0 Å². The van der Waals surface area contributed by atoms with Crippen molar-refractivity contribution in [3.63, 3.8) is 0 Å². The summed E-state index contributed by atoms with van der Waals surface area (Å²) in [5.74, 6) is -1.54. The standard InChI is InChI=1S/C12H21N3O4/c1-3-4-8(2)14-11(17)7-15-6-10(16)13-5-9(15)12(18)19/h8-9H,3-7H2,1-2H3,(H,13,16)(H,14,17)(H,18,19). The van der Waals surface area contributed by atoms with Crippen molar-refractivity contribution in [2.24, 2.45) is 0 Å². The molecular weight excluding hydrogens is 250 g/mol. The number of nitrogens with zero attached hydrogens (tertiary/aromatic N) is 1. The van der Waals surface area contributed by atoms with E-state index in [4.69, 9.17) is 5.11 Å². The normalized spacial score (nSPS) is 21.6. The van der Waals surface area contributed by atoms with Crippen LogP contribution < -0.4 is 10.6 Å². The van der Waals surface area contributed by atoms with Gasteiger partial charge in [0.1, 0.15) is 6.04 Å². The van der Waals surface area contributed by atoms with Crippen molar-refractivity contribution in [3.8, 4) is 0 Å². The largest absolute Gasteiger partial charge is 0.480 e. The molecule has 1 saturated heterocycles. The number of piperazine rings is 1. The van der Waals surface area contributed by atoms with Crippen LogP contribution in [0.15, 0.2) is 0 Å². The van der Waals surface area contributed by atoms with Crippen LogP contribution in [0.3, 0.4) is 0 Å². The number of hydrogen-bond acceptors (Lipinski definition) is 4. The Hall–Kier alpha value is -1.63. The number of aliphatic carboxylic acids is 1. The van der Waals surface area contributed by atoms with Crippen LogP contribution in [0.2, 0.25) is 0 Å². The SMILES string of the molecule is CCCC(C)NC(=O)CN1CC(=O)NCC1C(=O)O. The third-order valence-electron chi connectivity index (χ3n) is 3.04. The van der Waals surface area contributed by atoms with Crippen LogP contribution in [0.4, 0.5) is 0 Å². The maximum absolute atomic E-state index is 11.8. The minimum absolute atomic E-state index is 0.0337. The van der Waals surface area contributed by atoms with E-state index in [2.05, 4.69) is 10.6 Å². The van der Waals surface area contributed by atoms with Crippen LogP contribution in [0.1, 0.15) is 26.7 Å². The fourth-order valence-electron chi connectivity index (χ4n) is 2.11. The molecule has 0 aromatic heterocycles. The summed E-state index contributed by atoms with van der Waals surface area (Å²) in [5.41, 5.74) is 0. The molecule has 0 aliphatic carbocycles. The highest BCUT2D eigenvalue weighted by Gasteiger charge is 2.33. The number of carboxylic acid groups (broad SMARTS) is 1. The molecule has 1 aliphatic heterocycles. The van der Waals surface area contributed by atoms with Gasteiger partial charge in [0.2, 0.25) is 11.8 Å². The van der Waals surface area contributed by atoms with Crippen LogP contribution in [-0.2, 0) is 14.4 Å². The van der Waals surface area contributed by atoms with Gasteiger partial charge in [0.25, 0.3) is 0 Å². The molecule has 1 fully saturated rings. The van der Waals surface area contributed by atoms with Gasteiger partial charge >= 0.3 is 5.97 Å². The van der Waals surface area contributed by atoms with E-state index in [1.54, 1.807) is 0 Å². The lowest BCUT2D eigenvalue weighted by Crippen LogP contribution is -2.59. The van der Waals surface area contributed by atoms with Crippen molar-refractivity contribution >= 4 is 17.8 Å². The predicted molar refractivity (Wildman–Crippen MR) is 68.5 cm³/mol. The molecule has 0 saturated carbocycles. The lowest BCUT2D eigenvalue weighted by atomic mass is 10.1. The van der Waals surface area contributed by atoms with E-state index in [0.29, 0.717) is 0 Å². The smallest absolute Gasteiger partial charge is 0.322 e. The first-order chi connectivity index (χ1) is 8.93. The Bertz CT molecular complexity index is 359. The van der Waals surface area contributed by atoms with Crippen LogP contribution in [0.5, 0.6) is 0 Å². The Morgan fingerprint density at radius 3 is 2.84 bits per heavy atom. The molecular formula is C12H21N3O4. The molecule has 7 heteroatoms. The second-order valence-electron chi connectivity index (χ2n) is 4.82. The highest BCUT2D eigenvalue weighted by Crippen LogP contribution is 2.04. The van der Waals surface area contributed by atoms with Gasteiger partial charge in [-0.05, 0) is 13.3 Å². The molecule has 1 heterocycles. The first kappa shape index (κ1) is 15.4.